The van der Waals surface area contributed by atoms with Crippen LogP contribution in [-0.4, -0.2) is 60.7 Å². The number of aromatic nitrogens is 2. The van der Waals surface area contributed by atoms with E-state index >= 15 is 0 Å². The minimum absolute atomic E-state index is 0.142. The first-order valence-corrected chi connectivity index (χ1v) is 9.66. The van der Waals surface area contributed by atoms with Crippen LogP contribution in [0.15, 0.2) is 6.20 Å². The molecule has 1 aliphatic heterocycles. The van der Waals surface area contributed by atoms with E-state index in [-0.39, 0.29) is 24.1 Å². The molecule has 2 heterocycles. The molecule has 0 bridgehead atoms. The van der Waals surface area contributed by atoms with E-state index in [1.807, 2.05) is 6.92 Å². The summed E-state index contributed by atoms with van der Waals surface area (Å²) in [5, 5.41) is 9.34. The molecule has 1 unspecified atom stereocenters. The van der Waals surface area contributed by atoms with Crippen LogP contribution >= 0.6 is 0 Å². The van der Waals surface area contributed by atoms with E-state index in [9.17, 15) is 18.0 Å². The number of carbonyl (C=O) groups is 2. The van der Waals surface area contributed by atoms with Gasteiger partial charge in [-0.3, -0.25) is 14.3 Å². The minimum atomic E-state index is -3.32. The van der Waals surface area contributed by atoms with Gasteiger partial charge in [-0.15, -0.1) is 0 Å². The molecule has 1 atom stereocenters. The van der Waals surface area contributed by atoms with Crippen molar-refractivity contribution in [1.82, 2.24) is 19.4 Å². The molecule has 0 saturated carbocycles. The smallest absolute Gasteiger partial charge is 0.273 e. The van der Waals surface area contributed by atoms with Crippen LogP contribution < -0.4 is 10.6 Å². The molecule has 134 valence electrons. The van der Waals surface area contributed by atoms with Crippen LogP contribution in [-0.2, 0) is 21.4 Å². The molecule has 0 radical (unpaired) electrons. The van der Waals surface area contributed by atoms with Gasteiger partial charge >= 0.3 is 0 Å². The van der Waals surface area contributed by atoms with Crippen molar-refractivity contribution in [3.8, 4) is 0 Å². The number of sulfonamides is 1. The van der Waals surface area contributed by atoms with Crippen LogP contribution in [0.3, 0.4) is 0 Å². The zero-order valence-corrected chi connectivity index (χ0v) is 14.9. The standard InChI is InChI=1S/C14H23N5O4S/c1-4-18-9-11(12(17-18)14(21)15-2)16-13(20)10-6-5-7-19(8-10)24(3,22)23/h9-10H,4-8H2,1-3H3,(H,15,21)(H,16,20). The Morgan fingerprint density at radius 1 is 1.42 bits per heavy atom. The van der Waals surface area contributed by atoms with Crippen LogP contribution in [0.4, 0.5) is 5.69 Å². The number of carbonyl (C=O) groups excluding carboxylic acids is 2. The summed E-state index contributed by atoms with van der Waals surface area (Å²) in [6, 6.07) is 0. The normalized spacial score (nSPS) is 19.0. The SMILES string of the molecule is CCn1cc(NC(=O)C2CCCN(S(C)(=O)=O)C2)c(C(=O)NC)n1. The number of piperidine rings is 1. The van der Waals surface area contributed by atoms with E-state index in [2.05, 4.69) is 15.7 Å². The van der Waals surface area contributed by atoms with Crippen molar-refractivity contribution >= 4 is 27.5 Å². The summed E-state index contributed by atoms with van der Waals surface area (Å²) in [6.07, 6.45) is 3.97. The maximum atomic E-state index is 12.5. The molecule has 2 amide bonds. The largest absolute Gasteiger partial charge is 0.354 e. The van der Waals surface area contributed by atoms with Crippen LogP contribution in [0, 0.1) is 5.92 Å². The molecule has 0 aromatic carbocycles. The quantitative estimate of drug-likeness (QED) is 0.762. The van der Waals surface area contributed by atoms with Gasteiger partial charge in [0.2, 0.25) is 15.9 Å². The molecule has 1 aromatic heterocycles. The Balaban J connectivity index is 2.14. The molecule has 1 saturated heterocycles. The van der Waals surface area contributed by atoms with Gasteiger partial charge in [0.1, 0.15) is 0 Å². The van der Waals surface area contributed by atoms with E-state index in [0.29, 0.717) is 31.6 Å². The minimum Gasteiger partial charge on any atom is -0.354 e. The summed E-state index contributed by atoms with van der Waals surface area (Å²) in [7, 11) is -1.83. The molecular weight excluding hydrogens is 334 g/mol. The monoisotopic (exact) mass is 357 g/mol. The second kappa shape index (κ2) is 7.31. The molecule has 0 aliphatic carbocycles. The third-order valence-electron chi connectivity index (χ3n) is 4.01. The Labute approximate surface area is 141 Å². The molecule has 0 spiro atoms. The Kier molecular flexibility index (Phi) is 5.60. The molecule has 2 rings (SSSR count). The summed E-state index contributed by atoms with van der Waals surface area (Å²) in [4.78, 5) is 24.4. The molecule has 24 heavy (non-hydrogen) atoms. The van der Waals surface area contributed by atoms with E-state index in [1.54, 1.807) is 10.9 Å². The fourth-order valence-electron chi connectivity index (χ4n) is 2.65. The Hall–Kier alpha value is -1.94. The number of nitrogens with one attached hydrogen (secondary N) is 2. The number of hydrogen-bond acceptors (Lipinski definition) is 5. The number of rotatable bonds is 5. The average Bonchev–Trinajstić information content (AvgIpc) is 2.96. The first kappa shape index (κ1) is 18.4. The Bertz CT molecular complexity index is 728. The third kappa shape index (κ3) is 4.12. The zero-order valence-electron chi connectivity index (χ0n) is 14.1. The number of anilines is 1. The Morgan fingerprint density at radius 2 is 2.12 bits per heavy atom. The highest BCUT2D eigenvalue weighted by Gasteiger charge is 2.31. The molecule has 1 fully saturated rings. The highest BCUT2D eigenvalue weighted by molar-refractivity contribution is 7.88. The van der Waals surface area contributed by atoms with Gasteiger partial charge in [-0.25, -0.2) is 12.7 Å². The predicted octanol–water partition coefficient (Wildman–Crippen LogP) is -0.127. The van der Waals surface area contributed by atoms with Gasteiger partial charge < -0.3 is 10.6 Å². The van der Waals surface area contributed by atoms with Gasteiger partial charge in [0.15, 0.2) is 5.69 Å². The maximum absolute atomic E-state index is 12.5. The number of hydrogen-bond donors (Lipinski definition) is 2. The second-order valence-corrected chi connectivity index (χ2v) is 7.76. The summed E-state index contributed by atoms with van der Waals surface area (Å²) in [6.45, 7) is 3.02. The van der Waals surface area contributed by atoms with Crippen LogP contribution in [0.5, 0.6) is 0 Å². The van der Waals surface area contributed by atoms with E-state index in [1.165, 1.54) is 11.4 Å². The highest BCUT2D eigenvalue weighted by Crippen LogP contribution is 2.22. The molecule has 10 heteroatoms. The van der Waals surface area contributed by atoms with E-state index < -0.39 is 15.9 Å². The first-order chi connectivity index (χ1) is 11.3. The molecule has 1 aliphatic rings. The third-order valence-corrected chi connectivity index (χ3v) is 5.28. The lowest BCUT2D eigenvalue weighted by Gasteiger charge is -2.30. The van der Waals surface area contributed by atoms with Gasteiger partial charge in [-0.05, 0) is 19.8 Å². The van der Waals surface area contributed by atoms with Gasteiger partial charge in [-0.2, -0.15) is 5.10 Å². The van der Waals surface area contributed by atoms with Gasteiger partial charge in [0.05, 0.1) is 17.9 Å². The number of nitrogens with zero attached hydrogens (tertiary/aromatic N) is 3. The van der Waals surface area contributed by atoms with Crippen molar-refractivity contribution in [3.05, 3.63) is 11.9 Å². The lowest BCUT2D eigenvalue weighted by molar-refractivity contribution is -0.120. The first-order valence-electron chi connectivity index (χ1n) is 7.81. The van der Waals surface area contributed by atoms with Crippen molar-refractivity contribution in [2.75, 3.05) is 31.7 Å². The van der Waals surface area contributed by atoms with Crippen LogP contribution in [0.2, 0.25) is 0 Å². The lowest BCUT2D eigenvalue weighted by Crippen LogP contribution is -2.43. The summed E-state index contributed by atoms with van der Waals surface area (Å²) in [5.74, 6) is -1.14. The Morgan fingerprint density at radius 3 is 2.71 bits per heavy atom. The van der Waals surface area contributed by atoms with Crippen molar-refractivity contribution in [2.45, 2.75) is 26.3 Å². The van der Waals surface area contributed by atoms with E-state index in [4.69, 9.17) is 0 Å². The van der Waals surface area contributed by atoms with Crippen molar-refractivity contribution in [3.63, 3.8) is 0 Å². The van der Waals surface area contributed by atoms with Gasteiger partial charge in [0.25, 0.3) is 5.91 Å². The average molecular weight is 357 g/mol. The van der Waals surface area contributed by atoms with Crippen molar-refractivity contribution in [2.24, 2.45) is 5.92 Å². The fraction of sp³-hybridized carbons (Fsp3) is 0.643. The van der Waals surface area contributed by atoms with Gasteiger partial charge in [-0.1, -0.05) is 0 Å². The topological polar surface area (TPSA) is 113 Å². The molecule has 9 nitrogen and oxygen atoms in total. The van der Waals surface area contributed by atoms with Crippen molar-refractivity contribution < 1.29 is 18.0 Å². The zero-order chi connectivity index (χ0) is 17.9. The van der Waals surface area contributed by atoms with Gasteiger partial charge in [0, 0.05) is 32.9 Å². The van der Waals surface area contributed by atoms with Crippen LogP contribution in [0.25, 0.3) is 0 Å². The molecule has 2 N–H and O–H groups in total. The van der Waals surface area contributed by atoms with Crippen molar-refractivity contribution in [1.29, 1.82) is 0 Å². The summed E-state index contributed by atoms with van der Waals surface area (Å²) < 4.78 is 26.2. The summed E-state index contributed by atoms with van der Waals surface area (Å²) >= 11 is 0. The lowest BCUT2D eigenvalue weighted by atomic mass is 9.99. The number of amides is 2. The summed E-state index contributed by atoms with van der Waals surface area (Å²) in [5.41, 5.74) is 0.473. The fourth-order valence-corrected chi connectivity index (χ4v) is 3.56. The molecule has 1 aromatic rings. The molecular formula is C14H23N5O4S. The van der Waals surface area contributed by atoms with E-state index in [0.717, 1.165) is 6.26 Å². The highest BCUT2D eigenvalue weighted by atomic mass is 32.2. The maximum Gasteiger partial charge on any atom is 0.273 e. The predicted molar refractivity (Wildman–Crippen MR) is 89.1 cm³/mol. The number of aryl methyl sites for hydroxylation is 1. The van der Waals surface area contributed by atoms with Crippen LogP contribution in [0.1, 0.15) is 30.3 Å². The second-order valence-electron chi connectivity index (χ2n) is 5.78.